The molecule has 164 valence electrons. The number of amides is 1. The molecule has 2 aromatic rings. The van der Waals surface area contributed by atoms with Gasteiger partial charge in [-0.15, -0.1) is 0 Å². The van der Waals surface area contributed by atoms with Crippen molar-refractivity contribution in [2.24, 2.45) is 0 Å². The molecule has 0 bridgehead atoms. The Kier molecular flexibility index (Phi) is 9.87. The number of carbonyl (C=O) groups is 1. The van der Waals surface area contributed by atoms with Gasteiger partial charge in [-0.1, -0.05) is 76.5 Å². The summed E-state index contributed by atoms with van der Waals surface area (Å²) in [6, 6.07) is 5.41. The first kappa shape index (κ1) is 23.9. The van der Waals surface area contributed by atoms with Crippen molar-refractivity contribution in [3.8, 4) is 11.1 Å². The van der Waals surface area contributed by atoms with Crippen LogP contribution in [0.4, 0.5) is 17.5 Å². The van der Waals surface area contributed by atoms with Gasteiger partial charge in [-0.25, -0.2) is 4.98 Å². The summed E-state index contributed by atoms with van der Waals surface area (Å²) in [6.07, 6.45) is 10.7. The summed E-state index contributed by atoms with van der Waals surface area (Å²) in [5, 5.41) is 3.41. The highest BCUT2D eigenvalue weighted by molar-refractivity contribution is 6.33. The number of benzene rings is 1. The van der Waals surface area contributed by atoms with Crippen LogP contribution < -0.4 is 16.8 Å². The fourth-order valence-corrected chi connectivity index (χ4v) is 3.69. The van der Waals surface area contributed by atoms with Gasteiger partial charge in [0.1, 0.15) is 5.82 Å². The van der Waals surface area contributed by atoms with Crippen LogP contribution in [0.2, 0.25) is 5.02 Å². The number of carbonyl (C=O) groups excluding carboxylic acids is 1. The minimum atomic E-state index is -0.0303. The maximum Gasteiger partial charge on any atom is 0.224 e. The van der Waals surface area contributed by atoms with E-state index < -0.39 is 0 Å². The summed E-state index contributed by atoms with van der Waals surface area (Å²) in [6.45, 7) is 4.20. The lowest BCUT2D eigenvalue weighted by molar-refractivity contribution is -0.116. The Labute approximate surface area is 184 Å². The van der Waals surface area contributed by atoms with Crippen molar-refractivity contribution in [1.29, 1.82) is 0 Å². The van der Waals surface area contributed by atoms with E-state index in [9.17, 15) is 4.79 Å². The molecule has 0 aliphatic heterocycles. The third-order valence-electron chi connectivity index (χ3n) is 5.15. The third-order valence-corrected chi connectivity index (χ3v) is 5.48. The van der Waals surface area contributed by atoms with Gasteiger partial charge >= 0.3 is 0 Å². The van der Waals surface area contributed by atoms with E-state index >= 15 is 0 Å². The standard InChI is InChI=1S/C23H34ClN5O/c1-3-5-6-7-8-9-10-11-12-20(30)27-19-15-16(13-14-17(19)24)21-18(4-2)28-23(26)29-22(21)25/h13-15H,3-12H2,1-2H3,(H,27,30)(H4,25,26,28,29). The van der Waals surface area contributed by atoms with Crippen molar-refractivity contribution < 1.29 is 4.79 Å². The summed E-state index contributed by atoms with van der Waals surface area (Å²) in [7, 11) is 0. The van der Waals surface area contributed by atoms with E-state index in [0.29, 0.717) is 29.4 Å². The summed E-state index contributed by atoms with van der Waals surface area (Å²) in [4.78, 5) is 20.8. The molecule has 1 heterocycles. The molecule has 0 fully saturated rings. The van der Waals surface area contributed by atoms with E-state index in [-0.39, 0.29) is 11.9 Å². The predicted molar refractivity (Wildman–Crippen MR) is 127 cm³/mol. The summed E-state index contributed by atoms with van der Waals surface area (Å²) >= 11 is 6.31. The number of nitrogen functional groups attached to an aromatic ring is 2. The molecule has 5 N–H and O–H groups in total. The predicted octanol–water partition coefficient (Wildman–Crippen LogP) is 5.99. The minimum Gasteiger partial charge on any atom is -0.383 e. The van der Waals surface area contributed by atoms with Crippen LogP contribution in [0, 0.1) is 0 Å². The Morgan fingerprint density at radius 2 is 1.67 bits per heavy atom. The van der Waals surface area contributed by atoms with Crippen LogP contribution in [0.1, 0.15) is 77.3 Å². The second-order valence-corrected chi connectivity index (χ2v) is 8.02. The molecule has 0 aliphatic rings. The fourth-order valence-electron chi connectivity index (χ4n) is 3.53. The summed E-state index contributed by atoms with van der Waals surface area (Å²) in [5.74, 6) is 0.441. The Bertz CT molecular complexity index is 841. The normalized spacial score (nSPS) is 10.9. The average molecular weight is 432 g/mol. The van der Waals surface area contributed by atoms with Crippen LogP contribution in [-0.2, 0) is 11.2 Å². The zero-order valence-electron chi connectivity index (χ0n) is 18.1. The van der Waals surface area contributed by atoms with Crippen LogP contribution in [0.5, 0.6) is 0 Å². The number of nitrogens with one attached hydrogen (secondary N) is 1. The maximum absolute atomic E-state index is 12.4. The quantitative estimate of drug-likeness (QED) is 0.357. The molecule has 0 unspecified atom stereocenters. The van der Waals surface area contributed by atoms with Crippen molar-refractivity contribution in [3.63, 3.8) is 0 Å². The number of aryl methyl sites for hydroxylation is 1. The maximum atomic E-state index is 12.4. The number of aromatic nitrogens is 2. The molecule has 30 heavy (non-hydrogen) atoms. The van der Waals surface area contributed by atoms with Gasteiger partial charge in [0.25, 0.3) is 0 Å². The van der Waals surface area contributed by atoms with Gasteiger partial charge in [0, 0.05) is 12.0 Å². The number of halogens is 1. The minimum absolute atomic E-state index is 0.0303. The Morgan fingerprint density at radius 1 is 1.00 bits per heavy atom. The smallest absolute Gasteiger partial charge is 0.224 e. The molecule has 1 aromatic carbocycles. The number of unbranched alkanes of at least 4 members (excludes halogenated alkanes) is 7. The van der Waals surface area contributed by atoms with Gasteiger partial charge in [-0.05, 0) is 30.5 Å². The first-order valence-electron chi connectivity index (χ1n) is 11.0. The molecule has 0 saturated carbocycles. The zero-order valence-corrected chi connectivity index (χ0v) is 18.9. The number of nitrogens with two attached hydrogens (primary N) is 2. The van der Waals surface area contributed by atoms with E-state index in [1.54, 1.807) is 6.07 Å². The molecule has 1 aromatic heterocycles. The van der Waals surface area contributed by atoms with E-state index in [4.69, 9.17) is 23.1 Å². The number of hydrogen-bond acceptors (Lipinski definition) is 5. The first-order valence-corrected chi connectivity index (χ1v) is 11.4. The Morgan fingerprint density at radius 3 is 2.33 bits per heavy atom. The first-order chi connectivity index (χ1) is 14.5. The fraction of sp³-hybridized carbons (Fsp3) is 0.522. The Hall–Kier alpha value is -2.34. The number of anilines is 3. The van der Waals surface area contributed by atoms with Crippen molar-refractivity contribution >= 4 is 35.0 Å². The van der Waals surface area contributed by atoms with Crippen molar-refractivity contribution in [3.05, 3.63) is 28.9 Å². The van der Waals surface area contributed by atoms with E-state index in [2.05, 4.69) is 22.2 Å². The summed E-state index contributed by atoms with van der Waals surface area (Å²) < 4.78 is 0. The molecule has 2 rings (SSSR count). The van der Waals surface area contributed by atoms with Crippen molar-refractivity contribution in [2.45, 2.75) is 78.1 Å². The number of nitrogens with zero attached hydrogens (tertiary/aromatic N) is 2. The molecule has 0 saturated heterocycles. The van der Waals surface area contributed by atoms with Crippen LogP contribution in [0.15, 0.2) is 18.2 Å². The molecular formula is C23H34ClN5O. The Balaban J connectivity index is 1.96. The van der Waals surface area contributed by atoms with Gasteiger partial charge < -0.3 is 16.8 Å². The molecule has 0 atom stereocenters. The lowest BCUT2D eigenvalue weighted by Crippen LogP contribution is -2.12. The molecule has 6 nitrogen and oxygen atoms in total. The SMILES string of the molecule is CCCCCCCCCCC(=O)Nc1cc(-c2c(N)nc(N)nc2CC)ccc1Cl. The van der Waals surface area contributed by atoms with E-state index in [1.165, 1.54) is 38.5 Å². The summed E-state index contributed by atoms with van der Waals surface area (Å²) in [5.41, 5.74) is 14.7. The highest BCUT2D eigenvalue weighted by atomic mass is 35.5. The zero-order chi connectivity index (χ0) is 21.9. The van der Waals surface area contributed by atoms with Crippen molar-refractivity contribution in [1.82, 2.24) is 9.97 Å². The largest absolute Gasteiger partial charge is 0.383 e. The van der Waals surface area contributed by atoms with Gasteiger partial charge in [0.2, 0.25) is 11.9 Å². The second kappa shape index (κ2) is 12.4. The highest BCUT2D eigenvalue weighted by Crippen LogP contribution is 2.33. The van der Waals surface area contributed by atoms with Gasteiger partial charge in [-0.3, -0.25) is 4.79 Å². The third kappa shape index (κ3) is 7.17. The molecule has 0 radical (unpaired) electrons. The highest BCUT2D eigenvalue weighted by Gasteiger charge is 2.15. The van der Waals surface area contributed by atoms with Crippen LogP contribution >= 0.6 is 11.6 Å². The second-order valence-electron chi connectivity index (χ2n) is 7.61. The monoisotopic (exact) mass is 431 g/mol. The molecular weight excluding hydrogens is 398 g/mol. The molecule has 0 spiro atoms. The molecule has 7 heteroatoms. The van der Waals surface area contributed by atoms with Crippen LogP contribution in [-0.4, -0.2) is 15.9 Å². The lowest BCUT2D eigenvalue weighted by Gasteiger charge is -2.13. The topological polar surface area (TPSA) is 107 Å². The van der Waals surface area contributed by atoms with E-state index in [0.717, 1.165) is 29.7 Å². The average Bonchev–Trinajstić information content (AvgIpc) is 2.71. The molecule has 1 amide bonds. The number of rotatable bonds is 12. The van der Waals surface area contributed by atoms with Crippen LogP contribution in [0.25, 0.3) is 11.1 Å². The number of hydrogen-bond donors (Lipinski definition) is 3. The van der Waals surface area contributed by atoms with Gasteiger partial charge in [0.15, 0.2) is 0 Å². The van der Waals surface area contributed by atoms with Gasteiger partial charge in [0.05, 0.1) is 16.4 Å². The molecule has 0 aliphatic carbocycles. The van der Waals surface area contributed by atoms with Crippen molar-refractivity contribution in [2.75, 3.05) is 16.8 Å². The van der Waals surface area contributed by atoms with Crippen LogP contribution in [0.3, 0.4) is 0 Å². The lowest BCUT2D eigenvalue weighted by atomic mass is 10.0. The van der Waals surface area contributed by atoms with E-state index in [1.807, 2.05) is 19.1 Å². The van der Waals surface area contributed by atoms with Gasteiger partial charge in [-0.2, -0.15) is 4.98 Å².